The average Bonchev–Trinajstić information content (AvgIpc) is 3.06. The van der Waals surface area contributed by atoms with Crippen LogP contribution in [0.3, 0.4) is 0 Å². The molecule has 0 atom stereocenters. The number of aromatic amines is 1. The van der Waals surface area contributed by atoms with Gasteiger partial charge in [0.25, 0.3) is 5.56 Å². The van der Waals surface area contributed by atoms with E-state index in [9.17, 15) is 9.59 Å². The number of rotatable bonds is 6. The van der Waals surface area contributed by atoms with Gasteiger partial charge in [-0.05, 0) is 13.8 Å². The second-order valence-electron chi connectivity index (χ2n) is 6.29. The summed E-state index contributed by atoms with van der Waals surface area (Å²) in [6.45, 7) is 3.45. The molecule has 11 heteroatoms. The number of ether oxygens (including phenoxy) is 3. The number of urea groups is 1. The van der Waals surface area contributed by atoms with Crippen LogP contribution < -0.4 is 30.4 Å². The Kier molecular flexibility index (Phi) is 5.90. The number of aryl methyl sites for hydroxylation is 2. The minimum atomic E-state index is -0.541. The van der Waals surface area contributed by atoms with E-state index >= 15 is 0 Å². The van der Waals surface area contributed by atoms with Gasteiger partial charge in [-0.25, -0.2) is 9.78 Å². The van der Waals surface area contributed by atoms with E-state index in [1.807, 2.05) is 0 Å². The third-order valence-electron chi connectivity index (χ3n) is 4.05. The predicted octanol–water partition coefficient (Wildman–Crippen LogP) is 2.24. The first kappa shape index (κ1) is 20.7. The molecule has 11 nitrogen and oxygen atoms in total. The second kappa shape index (κ2) is 8.55. The third kappa shape index (κ3) is 4.35. The molecule has 0 bridgehead atoms. The Labute approximate surface area is 172 Å². The monoisotopic (exact) mass is 414 g/mol. The van der Waals surface area contributed by atoms with Gasteiger partial charge in [-0.15, -0.1) is 0 Å². The maximum atomic E-state index is 12.6. The van der Waals surface area contributed by atoms with Gasteiger partial charge in [0.05, 0.1) is 32.7 Å². The predicted molar refractivity (Wildman–Crippen MR) is 110 cm³/mol. The number of anilines is 2. The maximum absolute atomic E-state index is 12.6. The Bertz CT molecular complexity index is 1110. The lowest BCUT2D eigenvalue weighted by atomic mass is 10.2. The number of aromatic nitrogens is 4. The van der Waals surface area contributed by atoms with Crippen LogP contribution in [0.2, 0.25) is 0 Å². The molecule has 158 valence electrons. The molecule has 0 aliphatic carbocycles. The molecule has 0 aliphatic rings. The SMILES string of the molecule is COc1cc(NC(=O)Nc2cc(C)nn2-c2nc(C)cc(=O)[nH]2)cc(OC)c1OC. The number of carbonyl (C=O) groups excluding carboxylic acids is 1. The number of nitrogens with one attached hydrogen (secondary N) is 3. The molecule has 0 unspecified atom stereocenters. The van der Waals surface area contributed by atoms with Gasteiger partial charge in [0, 0.05) is 30.0 Å². The molecule has 0 saturated carbocycles. The van der Waals surface area contributed by atoms with Crippen LogP contribution in [0.15, 0.2) is 29.1 Å². The zero-order valence-corrected chi connectivity index (χ0v) is 17.2. The van der Waals surface area contributed by atoms with Gasteiger partial charge in [0.2, 0.25) is 11.7 Å². The van der Waals surface area contributed by atoms with Crippen LogP contribution in [0, 0.1) is 13.8 Å². The fourth-order valence-electron chi connectivity index (χ4n) is 2.85. The molecular weight excluding hydrogens is 392 g/mol. The summed E-state index contributed by atoms with van der Waals surface area (Å²) >= 11 is 0. The Balaban J connectivity index is 1.87. The van der Waals surface area contributed by atoms with Crippen LogP contribution in [-0.2, 0) is 0 Å². The largest absolute Gasteiger partial charge is 0.493 e. The topological polar surface area (TPSA) is 132 Å². The van der Waals surface area contributed by atoms with Crippen molar-refractivity contribution in [3.8, 4) is 23.2 Å². The maximum Gasteiger partial charge on any atom is 0.324 e. The van der Waals surface area contributed by atoms with Crippen molar-refractivity contribution in [2.75, 3.05) is 32.0 Å². The third-order valence-corrected chi connectivity index (χ3v) is 4.05. The Morgan fingerprint density at radius 3 is 2.20 bits per heavy atom. The summed E-state index contributed by atoms with van der Waals surface area (Å²) in [6, 6.07) is 5.67. The van der Waals surface area contributed by atoms with Crippen molar-refractivity contribution < 1.29 is 19.0 Å². The summed E-state index contributed by atoms with van der Waals surface area (Å²) in [5.41, 5.74) is 1.25. The van der Waals surface area contributed by atoms with Gasteiger partial charge in [-0.1, -0.05) is 0 Å². The number of nitrogens with zero attached hydrogens (tertiary/aromatic N) is 3. The normalized spacial score (nSPS) is 10.4. The van der Waals surface area contributed by atoms with Crippen LogP contribution in [0.1, 0.15) is 11.4 Å². The summed E-state index contributed by atoms with van der Waals surface area (Å²) in [5.74, 6) is 1.72. The van der Waals surface area contributed by atoms with Gasteiger partial charge in [0.1, 0.15) is 5.82 Å². The number of hydrogen-bond acceptors (Lipinski definition) is 7. The zero-order valence-electron chi connectivity index (χ0n) is 17.2. The minimum absolute atomic E-state index is 0.191. The fourth-order valence-corrected chi connectivity index (χ4v) is 2.85. The lowest BCUT2D eigenvalue weighted by Crippen LogP contribution is -2.22. The van der Waals surface area contributed by atoms with Crippen LogP contribution in [0.4, 0.5) is 16.3 Å². The number of amides is 2. The highest BCUT2D eigenvalue weighted by Gasteiger charge is 2.16. The van der Waals surface area contributed by atoms with Crippen molar-refractivity contribution in [2.24, 2.45) is 0 Å². The van der Waals surface area contributed by atoms with Crippen LogP contribution in [0.5, 0.6) is 17.2 Å². The first-order valence-corrected chi connectivity index (χ1v) is 8.87. The van der Waals surface area contributed by atoms with Gasteiger partial charge in [-0.3, -0.25) is 15.1 Å². The van der Waals surface area contributed by atoms with E-state index in [0.29, 0.717) is 40.1 Å². The van der Waals surface area contributed by atoms with E-state index in [2.05, 4.69) is 25.7 Å². The first-order chi connectivity index (χ1) is 14.3. The highest BCUT2D eigenvalue weighted by Crippen LogP contribution is 2.39. The lowest BCUT2D eigenvalue weighted by Gasteiger charge is -2.15. The van der Waals surface area contributed by atoms with E-state index < -0.39 is 6.03 Å². The van der Waals surface area contributed by atoms with E-state index in [1.165, 1.54) is 32.1 Å². The molecule has 0 aliphatic heterocycles. The van der Waals surface area contributed by atoms with Gasteiger partial charge in [0.15, 0.2) is 11.5 Å². The molecular formula is C19H22N6O5. The van der Waals surface area contributed by atoms with Crippen LogP contribution in [0.25, 0.3) is 5.95 Å². The Morgan fingerprint density at radius 1 is 0.967 bits per heavy atom. The molecule has 3 aromatic rings. The number of benzene rings is 1. The van der Waals surface area contributed by atoms with E-state index in [4.69, 9.17) is 14.2 Å². The van der Waals surface area contributed by atoms with Gasteiger partial charge in [-0.2, -0.15) is 9.78 Å². The molecule has 0 radical (unpaired) electrons. The summed E-state index contributed by atoms with van der Waals surface area (Å²) < 4.78 is 17.2. The first-order valence-electron chi connectivity index (χ1n) is 8.87. The smallest absolute Gasteiger partial charge is 0.324 e. The summed E-state index contributed by atoms with van der Waals surface area (Å²) in [6.07, 6.45) is 0. The van der Waals surface area contributed by atoms with Gasteiger partial charge >= 0.3 is 6.03 Å². The zero-order chi connectivity index (χ0) is 21.8. The molecule has 0 saturated heterocycles. The van der Waals surface area contributed by atoms with Crippen LogP contribution >= 0.6 is 0 Å². The van der Waals surface area contributed by atoms with E-state index in [1.54, 1.807) is 32.0 Å². The lowest BCUT2D eigenvalue weighted by molar-refractivity contribution is 0.262. The standard InChI is InChI=1S/C19H22N6O5/c1-10-7-16(26)23-18(20-10)25-15(6-11(2)24-25)22-19(27)21-12-8-13(28-3)17(30-5)14(9-12)29-4/h6-9H,1-5H3,(H,20,23,26)(H2,21,22,27). The minimum Gasteiger partial charge on any atom is -0.493 e. The van der Waals surface area contributed by atoms with Crippen molar-refractivity contribution in [3.63, 3.8) is 0 Å². The molecule has 3 N–H and O–H groups in total. The van der Waals surface area contributed by atoms with Crippen molar-refractivity contribution in [3.05, 3.63) is 46.0 Å². The highest BCUT2D eigenvalue weighted by atomic mass is 16.5. The average molecular weight is 414 g/mol. The van der Waals surface area contributed by atoms with Crippen LogP contribution in [-0.4, -0.2) is 47.1 Å². The number of hydrogen-bond donors (Lipinski definition) is 3. The molecule has 0 fully saturated rings. The summed E-state index contributed by atoms with van der Waals surface area (Å²) in [5, 5.41) is 9.68. The van der Waals surface area contributed by atoms with Crippen molar-refractivity contribution in [2.45, 2.75) is 13.8 Å². The molecule has 2 aromatic heterocycles. The molecule has 30 heavy (non-hydrogen) atoms. The van der Waals surface area contributed by atoms with Crippen molar-refractivity contribution >= 4 is 17.5 Å². The summed E-state index contributed by atoms with van der Waals surface area (Å²) in [7, 11) is 4.46. The molecule has 1 aromatic carbocycles. The summed E-state index contributed by atoms with van der Waals surface area (Å²) in [4.78, 5) is 31.2. The molecule has 0 spiro atoms. The number of methoxy groups -OCH3 is 3. The fraction of sp³-hybridized carbons (Fsp3) is 0.263. The highest BCUT2D eigenvalue weighted by molar-refractivity contribution is 5.99. The van der Waals surface area contributed by atoms with E-state index in [0.717, 1.165) is 0 Å². The number of H-pyrrole nitrogens is 1. The molecule has 3 rings (SSSR count). The second-order valence-corrected chi connectivity index (χ2v) is 6.29. The Hall–Kier alpha value is -4.02. The van der Waals surface area contributed by atoms with Crippen molar-refractivity contribution in [1.29, 1.82) is 0 Å². The number of carbonyl (C=O) groups is 1. The van der Waals surface area contributed by atoms with Crippen molar-refractivity contribution in [1.82, 2.24) is 19.7 Å². The quantitative estimate of drug-likeness (QED) is 0.563. The van der Waals surface area contributed by atoms with E-state index in [-0.39, 0.29) is 11.5 Å². The Morgan fingerprint density at radius 2 is 1.63 bits per heavy atom. The molecule has 2 amide bonds. The molecule has 2 heterocycles. The van der Waals surface area contributed by atoms with Gasteiger partial charge < -0.3 is 19.5 Å².